The Kier molecular flexibility index (Phi) is 6.40. The van der Waals surface area contributed by atoms with E-state index in [4.69, 9.17) is 34.8 Å². The zero-order valence-corrected chi connectivity index (χ0v) is 16.0. The van der Waals surface area contributed by atoms with Gasteiger partial charge in [0.1, 0.15) is 0 Å². The lowest BCUT2D eigenvalue weighted by Crippen LogP contribution is -2.50. The smallest absolute Gasteiger partial charge is 0.251 e. The number of carbonyl (C=O) groups excluding carboxylic acids is 2. The van der Waals surface area contributed by atoms with E-state index in [-0.39, 0.29) is 17.9 Å². The van der Waals surface area contributed by atoms with Crippen molar-refractivity contribution in [3.63, 3.8) is 0 Å². The molecule has 0 aliphatic carbocycles. The molecule has 1 saturated heterocycles. The van der Waals surface area contributed by atoms with Crippen LogP contribution >= 0.6 is 34.8 Å². The van der Waals surface area contributed by atoms with Gasteiger partial charge >= 0.3 is 0 Å². The van der Waals surface area contributed by atoms with Crippen molar-refractivity contribution in [1.82, 2.24) is 10.2 Å². The van der Waals surface area contributed by atoms with Gasteiger partial charge in [0.05, 0.1) is 15.5 Å². The number of piperidine rings is 1. The topological polar surface area (TPSA) is 49.4 Å². The summed E-state index contributed by atoms with van der Waals surface area (Å²) >= 11 is 17.7. The Bertz CT molecular complexity index is 626. The highest BCUT2D eigenvalue weighted by atomic mass is 35.5. The van der Waals surface area contributed by atoms with Crippen LogP contribution in [0.1, 0.15) is 37.0 Å². The van der Waals surface area contributed by atoms with Gasteiger partial charge in [-0.25, -0.2) is 0 Å². The molecule has 24 heavy (non-hydrogen) atoms. The van der Waals surface area contributed by atoms with Crippen LogP contribution in [0.4, 0.5) is 0 Å². The average molecular weight is 392 g/mol. The fourth-order valence-electron chi connectivity index (χ4n) is 2.62. The SMILES string of the molecule is CC(C)(CCl)C(=O)N1CCC(NC(=O)c2ccc(Cl)c(Cl)c2)CC1. The molecule has 0 atom stereocenters. The highest BCUT2D eigenvalue weighted by molar-refractivity contribution is 6.42. The lowest BCUT2D eigenvalue weighted by Gasteiger charge is -2.36. The number of likely N-dealkylation sites (tertiary alicyclic amines) is 1. The Hall–Kier alpha value is -0.970. The molecule has 1 fully saturated rings. The minimum atomic E-state index is -0.558. The third-order valence-corrected chi connectivity index (χ3v) is 5.62. The van der Waals surface area contributed by atoms with E-state index < -0.39 is 5.41 Å². The van der Waals surface area contributed by atoms with Crippen molar-refractivity contribution >= 4 is 46.6 Å². The molecule has 0 spiro atoms. The predicted octanol–water partition coefficient (Wildman–Crippen LogP) is 3.98. The summed E-state index contributed by atoms with van der Waals surface area (Å²) in [5, 5.41) is 3.76. The first-order valence-electron chi connectivity index (χ1n) is 7.86. The number of hydrogen-bond acceptors (Lipinski definition) is 2. The summed E-state index contributed by atoms with van der Waals surface area (Å²) in [6, 6.07) is 4.84. The van der Waals surface area contributed by atoms with Crippen molar-refractivity contribution in [2.24, 2.45) is 5.41 Å². The second-order valence-corrected chi connectivity index (χ2v) is 7.77. The highest BCUT2D eigenvalue weighted by Gasteiger charge is 2.33. The molecule has 7 heteroatoms. The van der Waals surface area contributed by atoms with Gasteiger partial charge in [-0.05, 0) is 44.9 Å². The quantitative estimate of drug-likeness (QED) is 0.789. The maximum Gasteiger partial charge on any atom is 0.251 e. The normalized spacial score (nSPS) is 16.1. The van der Waals surface area contributed by atoms with Crippen molar-refractivity contribution in [3.8, 4) is 0 Å². The first-order valence-corrected chi connectivity index (χ1v) is 9.15. The molecule has 1 aliphatic rings. The van der Waals surface area contributed by atoms with Crippen LogP contribution in [-0.4, -0.2) is 41.7 Å². The van der Waals surface area contributed by atoms with Crippen molar-refractivity contribution < 1.29 is 9.59 Å². The number of hydrogen-bond donors (Lipinski definition) is 1. The summed E-state index contributed by atoms with van der Waals surface area (Å²) in [5.41, 5.74) is -0.0799. The van der Waals surface area contributed by atoms with Crippen LogP contribution in [0, 0.1) is 5.41 Å². The number of carbonyl (C=O) groups is 2. The molecular formula is C17H21Cl3N2O2. The largest absolute Gasteiger partial charge is 0.349 e. The van der Waals surface area contributed by atoms with Crippen LogP contribution in [0.2, 0.25) is 10.0 Å². The summed E-state index contributed by atoms with van der Waals surface area (Å²) in [6.45, 7) is 4.93. The molecule has 132 valence electrons. The van der Waals surface area contributed by atoms with Crippen LogP contribution in [-0.2, 0) is 4.79 Å². The Morgan fingerprint density at radius 1 is 1.21 bits per heavy atom. The molecule has 4 nitrogen and oxygen atoms in total. The van der Waals surface area contributed by atoms with Crippen molar-refractivity contribution in [2.75, 3.05) is 19.0 Å². The minimum Gasteiger partial charge on any atom is -0.349 e. The third kappa shape index (κ3) is 4.56. The summed E-state index contributed by atoms with van der Waals surface area (Å²) in [7, 11) is 0. The standard InChI is InChI=1S/C17H21Cl3N2O2/c1-17(2,10-18)16(24)22-7-5-12(6-8-22)21-15(23)11-3-4-13(19)14(20)9-11/h3-4,9,12H,5-8,10H2,1-2H3,(H,21,23). The molecular weight excluding hydrogens is 371 g/mol. The fraction of sp³-hybridized carbons (Fsp3) is 0.529. The minimum absolute atomic E-state index is 0.0371. The van der Waals surface area contributed by atoms with Crippen LogP contribution < -0.4 is 5.32 Å². The number of alkyl halides is 1. The molecule has 1 heterocycles. The van der Waals surface area contributed by atoms with Gasteiger partial charge < -0.3 is 10.2 Å². The first-order chi connectivity index (χ1) is 11.2. The van der Waals surface area contributed by atoms with Gasteiger partial charge in [-0.1, -0.05) is 23.2 Å². The predicted molar refractivity (Wildman–Crippen MR) is 98.0 cm³/mol. The number of nitrogens with zero attached hydrogens (tertiary/aromatic N) is 1. The molecule has 0 radical (unpaired) electrons. The number of rotatable bonds is 4. The fourth-order valence-corrected chi connectivity index (χ4v) is 3.03. The summed E-state index contributed by atoms with van der Waals surface area (Å²) in [4.78, 5) is 26.5. The molecule has 1 aromatic rings. The lowest BCUT2D eigenvalue weighted by molar-refractivity contribution is -0.140. The first kappa shape index (κ1) is 19.4. The Balaban J connectivity index is 1.90. The molecule has 1 N–H and O–H groups in total. The van der Waals surface area contributed by atoms with Gasteiger partial charge in [0, 0.05) is 30.6 Å². The molecule has 0 unspecified atom stereocenters. The maximum absolute atomic E-state index is 12.4. The number of halogens is 3. The molecule has 1 aliphatic heterocycles. The average Bonchev–Trinajstić information content (AvgIpc) is 2.57. The van der Waals surface area contributed by atoms with Gasteiger partial charge in [-0.3, -0.25) is 9.59 Å². The van der Waals surface area contributed by atoms with E-state index in [1.807, 2.05) is 18.7 Å². The number of amides is 2. The number of nitrogens with one attached hydrogen (secondary N) is 1. The number of benzene rings is 1. The van der Waals surface area contributed by atoms with E-state index in [2.05, 4.69) is 5.32 Å². The van der Waals surface area contributed by atoms with Gasteiger partial charge in [0.25, 0.3) is 5.91 Å². The zero-order chi connectivity index (χ0) is 17.9. The van der Waals surface area contributed by atoms with E-state index in [9.17, 15) is 9.59 Å². The van der Waals surface area contributed by atoms with Gasteiger partial charge in [0.2, 0.25) is 5.91 Å². The Morgan fingerprint density at radius 3 is 2.38 bits per heavy atom. The third-order valence-electron chi connectivity index (χ3n) is 4.21. The van der Waals surface area contributed by atoms with Crippen LogP contribution in [0.3, 0.4) is 0 Å². The molecule has 0 bridgehead atoms. The maximum atomic E-state index is 12.4. The van der Waals surface area contributed by atoms with Crippen molar-refractivity contribution in [1.29, 1.82) is 0 Å². The van der Waals surface area contributed by atoms with Crippen LogP contribution in [0.5, 0.6) is 0 Å². The summed E-state index contributed by atoms with van der Waals surface area (Å²) < 4.78 is 0. The van der Waals surface area contributed by atoms with E-state index in [0.29, 0.717) is 34.6 Å². The molecule has 2 amide bonds. The molecule has 0 aromatic heterocycles. The highest BCUT2D eigenvalue weighted by Crippen LogP contribution is 2.24. The summed E-state index contributed by atoms with van der Waals surface area (Å²) in [6.07, 6.45) is 1.44. The lowest BCUT2D eigenvalue weighted by atomic mass is 9.92. The van der Waals surface area contributed by atoms with E-state index in [1.165, 1.54) is 0 Å². The van der Waals surface area contributed by atoms with Crippen molar-refractivity contribution in [2.45, 2.75) is 32.7 Å². The second kappa shape index (κ2) is 7.94. The second-order valence-electron chi connectivity index (χ2n) is 6.69. The monoisotopic (exact) mass is 390 g/mol. The van der Waals surface area contributed by atoms with Gasteiger partial charge in [-0.15, -0.1) is 11.6 Å². The van der Waals surface area contributed by atoms with Gasteiger partial charge in [-0.2, -0.15) is 0 Å². The molecule has 2 rings (SSSR count). The Labute approximate surface area is 157 Å². The van der Waals surface area contributed by atoms with Crippen molar-refractivity contribution in [3.05, 3.63) is 33.8 Å². The van der Waals surface area contributed by atoms with E-state index >= 15 is 0 Å². The molecule has 0 saturated carbocycles. The van der Waals surface area contributed by atoms with E-state index in [1.54, 1.807) is 18.2 Å². The molecule has 1 aromatic carbocycles. The summed E-state index contributed by atoms with van der Waals surface area (Å²) in [5.74, 6) is 0.172. The van der Waals surface area contributed by atoms with Crippen LogP contribution in [0.15, 0.2) is 18.2 Å². The Morgan fingerprint density at radius 2 is 1.83 bits per heavy atom. The zero-order valence-electron chi connectivity index (χ0n) is 13.7. The van der Waals surface area contributed by atoms with E-state index in [0.717, 1.165) is 12.8 Å². The van der Waals surface area contributed by atoms with Crippen LogP contribution in [0.25, 0.3) is 0 Å². The van der Waals surface area contributed by atoms with Gasteiger partial charge in [0.15, 0.2) is 0 Å².